The van der Waals surface area contributed by atoms with Gasteiger partial charge in [-0.2, -0.15) is 0 Å². The molecule has 0 spiro atoms. The van der Waals surface area contributed by atoms with Gasteiger partial charge in [-0.05, 0) is 49.2 Å². The molecular formula is C24H26O7. The minimum Gasteiger partial charge on any atom is -0.453 e. The Morgan fingerprint density at radius 3 is 1.90 bits per heavy atom. The maximum atomic E-state index is 12.1. The van der Waals surface area contributed by atoms with Gasteiger partial charge < -0.3 is 23.7 Å². The number of allylic oxidation sites excluding steroid dienone is 2. The molecule has 0 aliphatic rings. The van der Waals surface area contributed by atoms with Gasteiger partial charge in [0.2, 0.25) is 5.75 Å². The number of ether oxygens (including phenoxy) is 5. The third kappa shape index (κ3) is 7.40. The van der Waals surface area contributed by atoms with Crippen molar-refractivity contribution in [3.63, 3.8) is 0 Å². The van der Waals surface area contributed by atoms with Crippen molar-refractivity contribution in [1.29, 1.82) is 0 Å². The molecule has 0 heterocycles. The molecule has 2 rings (SSSR count). The van der Waals surface area contributed by atoms with Gasteiger partial charge in [-0.25, -0.2) is 9.59 Å². The maximum absolute atomic E-state index is 12.1. The fourth-order valence-electron chi connectivity index (χ4n) is 2.64. The van der Waals surface area contributed by atoms with Gasteiger partial charge in [-0.1, -0.05) is 36.4 Å². The van der Waals surface area contributed by atoms with Crippen LogP contribution in [0.3, 0.4) is 0 Å². The van der Waals surface area contributed by atoms with E-state index in [-0.39, 0.29) is 30.5 Å². The Hall–Kier alpha value is -3.42. The summed E-state index contributed by atoms with van der Waals surface area (Å²) in [7, 11) is 2.75. The van der Waals surface area contributed by atoms with Crippen molar-refractivity contribution in [3.05, 3.63) is 59.7 Å². The molecule has 0 saturated carbocycles. The molecular weight excluding hydrogens is 400 g/mol. The van der Waals surface area contributed by atoms with E-state index in [0.717, 1.165) is 5.56 Å². The number of rotatable bonds is 10. The molecule has 2 aromatic rings. The second-order valence-electron chi connectivity index (χ2n) is 6.33. The lowest BCUT2D eigenvalue weighted by atomic mass is 10.1. The predicted octanol–water partition coefficient (Wildman–Crippen LogP) is 4.65. The van der Waals surface area contributed by atoms with Gasteiger partial charge in [0, 0.05) is 14.2 Å². The normalized spacial score (nSPS) is 11.1. The van der Waals surface area contributed by atoms with Crippen molar-refractivity contribution in [2.75, 3.05) is 27.4 Å². The first kappa shape index (κ1) is 23.9. The molecule has 0 aliphatic carbocycles. The smallest absolute Gasteiger partial charge is 0.337 e. The van der Waals surface area contributed by atoms with Crippen molar-refractivity contribution < 1.29 is 33.3 Å². The first-order chi connectivity index (χ1) is 15.0. The van der Waals surface area contributed by atoms with Crippen molar-refractivity contribution in [3.8, 4) is 23.0 Å². The van der Waals surface area contributed by atoms with Crippen LogP contribution in [0, 0.1) is 0 Å². The summed E-state index contributed by atoms with van der Waals surface area (Å²) in [6.45, 7) is 3.25. The van der Waals surface area contributed by atoms with Gasteiger partial charge in [0.25, 0.3) is 0 Å². The van der Waals surface area contributed by atoms with Gasteiger partial charge in [0.1, 0.15) is 19.0 Å². The highest BCUT2D eigenvalue weighted by Crippen LogP contribution is 2.42. The molecule has 2 aromatic carbocycles. The molecule has 164 valence electrons. The number of methoxy groups -OCH3 is 2. The molecule has 0 fully saturated rings. The van der Waals surface area contributed by atoms with E-state index in [9.17, 15) is 9.59 Å². The van der Waals surface area contributed by atoms with E-state index >= 15 is 0 Å². The molecule has 0 aliphatic heterocycles. The van der Waals surface area contributed by atoms with Crippen molar-refractivity contribution in [2.24, 2.45) is 0 Å². The van der Waals surface area contributed by atoms with Gasteiger partial charge in [-0.15, -0.1) is 0 Å². The molecule has 0 saturated heterocycles. The third-order valence-electron chi connectivity index (χ3n) is 3.83. The SMILES string of the molecule is CC=Cc1ccc(Oc2cc(C=CC)cc(OC(=O)COC)c2OC(=O)COC)cc1. The van der Waals surface area contributed by atoms with Crippen LogP contribution in [0.1, 0.15) is 25.0 Å². The summed E-state index contributed by atoms with van der Waals surface area (Å²) in [5.41, 5.74) is 1.70. The largest absolute Gasteiger partial charge is 0.453 e. The summed E-state index contributed by atoms with van der Waals surface area (Å²) in [5, 5.41) is 0. The zero-order valence-electron chi connectivity index (χ0n) is 18.0. The lowest BCUT2D eigenvalue weighted by Crippen LogP contribution is -2.18. The van der Waals surface area contributed by atoms with E-state index in [1.165, 1.54) is 14.2 Å². The van der Waals surface area contributed by atoms with E-state index in [0.29, 0.717) is 11.3 Å². The Morgan fingerprint density at radius 1 is 0.774 bits per heavy atom. The topological polar surface area (TPSA) is 80.3 Å². The van der Waals surface area contributed by atoms with Crippen LogP contribution in [0.25, 0.3) is 12.2 Å². The van der Waals surface area contributed by atoms with Crippen LogP contribution in [-0.4, -0.2) is 39.4 Å². The average Bonchev–Trinajstić information content (AvgIpc) is 2.73. The Bertz CT molecular complexity index is 943. The van der Waals surface area contributed by atoms with Gasteiger partial charge >= 0.3 is 11.9 Å². The minimum atomic E-state index is -0.668. The Morgan fingerprint density at radius 2 is 1.32 bits per heavy atom. The summed E-state index contributed by atoms with van der Waals surface area (Å²) in [5.74, 6) is -0.590. The first-order valence-electron chi connectivity index (χ1n) is 9.61. The van der Waals surface area contributed by atoms with Crippen LogP contribution < -0.4 is 14.2 Å². The standard InChI is InChI=1S/C24H26O7/c1-5-7-17-9-11-19(12-10-17)29-20-13-18(8-6-2)14-21(30-22(25)15-27-3)24(20)31-23(26)16-28-4/h5-14H,15-16H2,1-4H3. The second kappa shape index (κ2) is 12.3. The maximum Gasteiger partial charge on any atom is 0.337 e. The molecule has 0 N–H and O–H groups in total. The summed E-state index contributed by atoms with van der Waals surface area (Å²) in [4.78, 5) is 24.2. The monoisotopic (exact) mass is 426 g/mol. The molecule has 7 heteroatoms. The number of esters is 2. The highest BCUT2D eigenvalue weighted by Gasteiger charge is 2.21. The zero-order chi connectivity index (χ0) is 22.6. The Balaban J connectivity index is 2.50. The molecule has 0 radical (unpaired) electrons. The third-order valence-corrected chi connectivity index (χ3v) is 3.83. The summed E-state index contributed by atoms with van der Waals surface area (Å²) in [6.07, 6.45) is 7.52. The molecule has 31 heavy (non-hydrogen) atoms. The highest BCUT2D eigenvalue weighted by atomic mass is 16.6. The predicted molar refractivity (Wildman–Crippen MR) is 117 cm³/mol. The quantitative estimate of drug-likeness (QED) is 0.404. The van der Waals surface area contributed by atoms with Crippen LogP contribution >= 0.6 is 0 Å². The van der Waals surface area contributed by atoms with Gasteiger partial charge in [0.05, 0.1) is 0 Å². The number of carbonyl (C=O) groups is 2. The average molecular weight is 426 g/mol. The number of hydrogen-bond donors (Lipinski definition) is 0. The van der Waals surface area contributed by atoms with Gasteiger partial charge in [-0.3, -0.25) is 0 Å². The van der Waals surface area contributed by atoms with Crippen LogP contribution in [0.15, 0.2) is 48.6 Å². The molecule has 0 aromatic heterocycles. The molecule has 7 nitrogen and oxygen atoms in total. The summed E-state index contributed by atoms with van der Waals surface area (Å²) >= 11 is 0. The van der Waals surface area contributed by atoms with E-state index in [1.807, 2.05) is 44.2 Å². The highest BCUT2D eigenvalue weighted by molar-refractivity contribution is 5.79. The molecule has 0 unspecified atom stereocenters. The summed E-state index contributed by atoms with van der Waals surface area (Å²) < 4.78 is 26.4. The number of carbonyl (C=O) groups excluding carboxylic acids is 2. The minimum absolute atomic E-state index is 0.0302. The molecule has 0 atom stereocenters. The van der Waals surface area contributed by atoms with E-state index < -0.39 is 11.9 Å². The molecule has 0 amide bonds. The molecule has 0 bridgehead atoms. The van der Waals surface area contributed by atoms with Crippen molar-refractivity contribution >= 4 is 24.1 Å². The lowest BCUT2D eigenvalue weighted by molar-refractivity contribution is -0.141. The van der Waals surface area contributed by atoms with Crippen LogP contribution in [0.4, 0.5) is 0 Å². The van der Waals surface area contributed by atoms with E-state index in [1.54, 1.807) is 30.3 Å². The fraction of sp³-hybridized carbons (Fsp3) is 0.250. The van der Waals surface area contributed by atoms with Crippen LogP contribution in [-0.2, 0) is 19.1 Å². The summed E-state index contributed by atoms with van der Waals surface area (Å²) in [6, 6.07) is 10.6. The Labute approximate surface area is 181 Å². The lowest BCUT2D eigenvalue weighted by Gasteiger charge is -2.16. The van der Waals surface area contributed by atoms with E-state index in [4.69, 9.17) is 23.7 Å². The van der Waals surface area contributed by atoms with Gasteiger partial charge in [0.15, 0.2) is 11.5 Å². The van der Waals surface area contributed by atoms with E-state index in [2.05, 4.69) is 0 Å². The Kier molecular flexibility index (Phi) is 9.48. The fourth-order valence-corrected chi connectivity index (χ4v) is 2.64. The number of benzene rings is 2. The second-order valence-corrected chi connectivity index (χ2v) is 6.33. The number of hydrogen-bond acceptors (Lipinski definition) is 7. The first-order valence-corrected chi connectivity index (χ1v) is 9.61. The van der Waals surface area contributed by atoms with Crippen molar-refractivity contribution in [2.45, 2.75) is 13.8 Å². The van der Waals surface area contributed by atoms with Crippen LogP contribution in [0.5, 0.6) is 23.0 Å². The zero-order valence-corrected chi connectivity index (χ0v) is 18.0. The van der Waals surface area contributed by atoms with Crippen molar-refractivity contribution in [1.82, 2.24) is 0 Å². The van der Waals surface area contributed by atoms with Crippen LogP contribution in [0.2, 0.25) is 0 Å².